The van der Waals surface area contributed by atoms with Gasteiger partial charge in [0.1, 0.15) is 38.3 Å². The third kappa shape index (κ3) is 5.44. The minimum absolute atomic E-state index is 0.0399. The lowest BCUT2D eigenvalue weighted by atomic mass is 9.89. The van der Waals surface area contributed by atoms with Crippen LogP contribution in [0.4, 0.5) is 0 Å². The molecule has 0 saturated carbocycles. The van der Waals surface area contributed by atoms with Gasteiger partial charge in [-0.05, 0) is 44.4 Å². The van der Waals surface area contributed by atoms with Crippen molar-refractivity contribution in [2.75, 3.05) is 40.4 Å². The fraction of sp³-hybridized carbons (Fsp3) is 0.652. The fourth-order valence-electron chi connectivity index (χ4n) is 3.87. The average molecular weight is 419 g/mol. The lowest BCUT2D eigenvalue weighted by Crippen LogP contribution is -3.29. The van der Waals surface area contributed by atoms with E-state index in [-0.39, 0.29) is 17.9 Å². The lowest BCUT2D eigenvalue weighted by Gasteiger charge is -2.35. The quantitative estimate of drug-likeness (QED) is 0.543. The molecule has 1 aromatic carbocycles. The van der Waals surface area contributed by atoms with Crippen molar-refractivity contribution in [3.05, 3.63) is 23.3 Å². The molecule has 0 unspecified atom stereocenters. The first kappa shape index (κ1) is 24.0. The highest BCUT2D eigenvalue weighted by Gasteiger charge is 2.36. The zero-order valence-corrected chi connectivity index (χ0v) is 19.5. The molecule has 2 rings (SSSR count). The van der Waals surface area contributed by atoms with Crippen LogP contribution in [0.1, 0.15) is 38.8 Å². The summed E-state index contributed by atoms with van der Waals surface area (Å²) < 4.78 is 10.8. The number of nitrogens with one attached hydrogen (secondary N) is 3. The normalized spacial score (nSPS) is 22.0. The third-order valence-corrected chi connectivity index (χ3v) is 6.66. The van der Waals surface area contributed by atoms with Crippen molar-refractivity contribution in [2.45, 2.75) is 52.7 Å². The Morgan fingerprint density at radius 1 is 1.17 bits per heavy atom. The highest BCUT2D eigenvalue weighted by atomic mass is 16.5. The van der Waals surface area contributed by atoms with Gasteiger partial charge in [-0.3, -0.25) is 4.79 Å². The molecule has 1 aromatic rings. The molecule has 0 radical (unpaired) electrons. The standard InChI is InChI=1S/C23H36N4O3/c1-16(2)23(5,15-24)25-22(28)18(4)27-10-8-26(9-11-27)14-19-13-21(30-7)20(29-6)12-17(19)3/h12-13,16,18H,8-11,14H2,1-7H3,(H,25,28)/p+2/t18-,23+/m1/s1. The van der Waals surface area contributed by atoms with Gasteiger partial charge in [0.05, 0.1) is 20.3 Å². The van der Waals surface area contributed by atoms with E-state index >= 15 is 0 Å². The first-order valence-corrected chi connectivity index (χ1v) is 10.8. The molecule has 1 aliphatic heterocycles. The van der Waals surface area contributed by atoms with Crippen molar-refractivity contribution in [1.29, 1.82) is 5.26 Å². The van der Waals surface area contributed by atoms with Crippen molar-refractivity contribution < 1.29 is 24.1 Å². The summed E-state index contributed by atoms with van der Waals surface area (Å²) in [6.45, 7) is 14.6. The van der Waals surface area contributed by atoms with Gasteiger partial charge in [-0.25, -0.2) is 0 Å². The summed E-state index contributed by atoms with van der Waals surface area (Å²) in [5, 5.41) is 12.4. The molecule has 1 aliphatic rings. The second-order valence-corrected chi connectivity index (χ2v) is 8.90. The molecule has 0 aliphatic carbocycles. The van der Waals surface area contributed by atoms with E-state index in [0.29, 0.717) is 0 Å². The highest BCUT2D eigenvalue weighted by Crippen LogP contribution is 2.29. The van der Waals surface area contributed by atoms with Crippen molar-refractivity contribution >= 4 is 5.91 Å². The summed E-state index contributed by atoms with van der Waals surface area (Å²) in [4.78, 5) is 15.5. The highest BCUT2D eigenvalue weighted by molar-refractivity contribution is 5.81. The van der Waals surface area contributed by atoms with Gasteiger partial charge in [0.25, 0.3) is 5.91 Å². The number of nitriles is 1. The minimum Gasteiger partial charge on any atom is -0.493 e. The van der Waals surface area contributed by atoms with Crippen LogP contribution in [-0.4, -0.2) is 57.9 Å². The maximum atomic E-state index is 12.8. The first-order valence-electron chi connectivity index (χ1n) is 10.8. The van der Waals surface area contributed by atoms with Crippen LogP contribution in [0.5, 0.6) is 11.5 Å². The van der Waals surface area contributed by atoms with E-state index in [2.05, 4.69) is 24.4 Å². The molecule has 1 fully saturated rings. The smallest absolute Gasteiger partial charge is 0.279 e. The van der Waals surface area contributed by atoms with Gasteiger partial charge in [-0.2, -0.15) is 5.26 Å². The zero-order valence-electron chi connectivity index (χ0n) is 19.5. The van der Waals surface area contributed by atoms with Gasteiger partial charge in [-0.15, -0.1) is 0 Å². The number of nitrogens with zero attached hydrogens (tertiary/aromatic N) is 1. The molecule has 0 spiro atoms. The van der Waals surface area contributed by atoms with E-state index in [0.717, 1.165) is 44.2 Å². The SMILES string of the molecule is COc1cc(C)c(C[NH+]2CC[NH+]([C@H](C)C(=O)N[C@@](C)(C#N)C(C)C)CC2)cc1OC. The van der Waals surface area contributed by atoms with Crippen LogP contribution < -0.4 is 24.6 Å². The molecule has 1 heterocycles. The molecule has 1 saturated heterocycles. The second kappa shape index (κ2) is 10.1. The predicted octanol–water partition coefficient (Wildman–Crippen LogP) is -0.261. The van der Waals surface area contributed by atoms with E-state index in [1.54, 1.807) is 21.1 Å². The molecule has 0 aromatic heterocycles. The maximum Gasteiger partial charge on any atom is 0.279 e. The molecular formula is C23H38N4O3+2. The van der Waals surface area contributed by atoms with Gasteiger partial charge >= 0.3 is 0 Å². The van der Waals surface area contributed by atoms with Crippen molar-refractivity contribution in [3.8, 4) is 17.6 Å². The Morgan fingerprint density at radius 3 is 2.23 bits per heavy atom. The van der Waals surface area contributed by atoms with Gasteiger partial charge in [0.15, 0.2) is 17.5 Å². The van der Waals surface area contributed by atoms with Crippen molar-refractivity contribution in [3.63, 3.8) is 0 Å². The number of rotatable bonds is 8. The van der Waals surface area contributed by atoms with E-state index in [1.807, 2.05) is 26.8 Å². The summed E-state index contributed by atoms with van der Waals surface area (Å²) in [5.74, 6) is 1.54. The van der Waals surface area contributed by atoms with Crippen LogP contribution >= 0.6 is 0 Å². The Hall–Kier alpha value is -2.30. The second-order valence-electron chi connectivity index (χ2n) is 8.90. The molecule has 7 nitrogen and oxygen atoms in total. The maximum absolute atomic E-state index is 12.8. The molecular weight excluding hydrogens is 380 g/mol. The van der Waals surface area contributed by atoms with Crippen molar-refractivity contribution in [2.24, 2.45) is 5.92 Å². The number of carbonyl (C=O) groups excluding carboxylic acids is 1. The van der Waals surface area contributed by atoms with Gasteiger partial charge in [0.2, 0.25) is 0 Å². The fourth-order valence-corrected chi connectivity index (χ4v) is 3.87. The van der Waals surface area contributed by atoms with Crippen molar-refractivity contribution in [1.82, 2.24) is 5.32 Å². The first-order chi connectivity index (χ1) is 14.1. The summed E-state index contributed by atoms with van der Waals surface area (Å²) >= 11 is 0. The van der Waals surface area contributed by atoms with Crippen LogP contribution in [0.25, 0.3) is 0 Å². The Bertz CT molecular complexity index is 781. The number of methoxy groups -OCH3 is 2. The number of amides is 1. The Labute approximate surface area is 180 Å². The molecule has 7 heteroatoms. The summed E-state index contributed by atoms with van der Waals surface area (Å²) in [5.41, 5.74) is 1.63. The average Bonchev–Trinajstić information content (AvgIpc) is 2.74. The molecule has 166 valence electrons. The summed E-state index contributed by atoms with van der Waals surface area (Å²) in [7, 11) is 3.32. The lowest BCUT2D eigenvalue weighted by molar-refractivity contribution is -1.02. The number of hydrogen-bond acceptors (Lipinski definition) is 4. The van der Waals surface area contributed by atoms with Crippen LogP contribution in [0.2, 0.25) is 0 Å². The van der Waals surface area contributed by atoms with E-state index in [9.17, 15) is 10.1 Å². The monoisotopic (exact) mass is 418 g/mol. The summed E-state index contributed by atoms with van der Waals surface area (Å²) in [6.07, 6.45) is 0. The Kier molecular flexibility index (Phi) is 8.10. The molecule has 1 amide bonds. The molecule has 30 heavy (non-hydrogen) atoms. The number of ether oxygens (including phenoxy) is 2. The topological polar surface area (TPSA) is 80.2 Å². The van der Waals surface area contributed by atoms with Gasteiger partial charge in [0, 0.05) is 5.56 Å². The molecule has 0 bridgehead atoms. The number of aryl methyl sites for hydroxylation is 1. The van der Waals surface area contributed by atoms with Gasteiger partial charge < -0.3 is 24.6 Å². The van der Waals surface area contributed by atoms with E-state index < -0.39 is 5.54 Å². The molecule has 3 N–H and O–H groups in total. The number of carbonyl (C=O) groups is 1. The number of piperazine rings is 1. The van der Waals surface area contributed by atoms with Crippen LogP contribution in [0.15, 0.2) is 12.1 Å². The largest absolute Gasteiger partial charge is 0.493 e. The minimum atomic E-state index is -0.831. The zero-order chi connectivity index (χ0) is 22.5. The Morgan fingerprint density at radius 2 is 1.73 bits per heavy atom. The van der Waals surface area contributed by atoms with Crippen LogP contribution in [0, 0.1) is 24.2 Å². The van der Waals surface area contributed by atoms with Crippen LogP contribution in [0.3, 0.4) is 0 Å². The Balaban J connectivity index is 1.95. The number of benzene rings is 1. The van der Waals surface area contributed by atoms with E-state index in [1.165, 1.54) is 20.9 Å². The van der Waals surface area contributed by atoms with E-state index in [4.69, 9.17) is 9.47 Å². The van der Waals surface area contributed by atoms with Crippen LogP contribution in [-0.2, 0) is 11.3 Å². The third-order valence-electron chi connectivity index (χ3n) is 6.66. The molecule has 2 atom stereocenters. The summed E-state index contributed by atoms with van der Waals surface area (Å²) in [6, 6.07) is 6.20. The van der Waals surface area contributed by atoms with Gasteiger partial charge in [-0.1, -0.05) is 13.8 Å². The number of quaternary nitrogens is 2. The predicted molar refractivity (Wildman–Crippen MR) is 116 cm³/mol. The number of hydrogen-bond donors (Lipinski definition) is 3.